The first kappa shape index (κ1) is 11.0. The molecule has 0 spiro atoms. The third kappa shape index (κ3) is 1.78. The predicted molar refractivity (Wildman–Crippen MR) is 70.9 cm³/mol. The Morgan fingerprint density at radius 2 is 1.83 bits per heavy atom. The molecule has 2 aromatic rings. The fraction of sp³-hybridized carbons (Fsp3) is 0.250. The Bertz CT molecular complexity index is 599. The number of hydrogen-bond acceptors (Lipinski definition) is 2. The molecule has 1 fully saturated rings. The summed E-state index contributed by atoms with van der Waals surface area (Å²) in [4.78, 5) is 4.48. The number of benzene rings is 1. The summed E-state index contributed by atoms with van der Waals surface area (Å²) in [7, 11) is 0. The fourth-order valence-corrected chi connectivity index (χ4v) is 2.16. The molecule has 0 amide bonds. The first-order valence-electron chi connectivity index (χ1n) is 6.18. The molecule has 18 heavy (non-hydrogen) atoms. The van der Waals surface area contributed by atoms with Gasteiger partial charge in [0.1, 0.15) is 0 Å². The van der Waals surface area contributed by atoms with Crippen LogP contribution in [0.5, 0.6) is 0 Å². The average molecular weight is 234 g/mol. The van der Waals surface area contributed by atoms with Gasteiger partial charge in [-0.25, -0.2) is 0 Å². The van der Waals surface area contributed by atoms with E-state index < -0.39 is 0 Å². The van der Waals surface area contributed by atoms with E-state index in [1.54, 1.807) is 0 Å². The molecular weight excluding hydrogens is 220 g/mol. The van der Waals surface area contributed by atoms with Crippen LogP contribution >= 0.6 is 0 Å². The Labute approximate surface area is 107 Å². The number of aryl methyl sites for hydroxylation is 1. The molecule has 0 atom stereocenters. The number of rotatable bonds is 2. The molecule has 0 radical (unpaired) electrons. The van der Waals surface area contributed by atoms with Crippen molar-refractivity contribution >= 4 is 0 Å². The second-order valence-corrected chi connectivity index (χ2v) is 4.99. The van der Waals surface area contributed by atoms with Crippen molar-refractivity contribution in [3.05, 3.63) is 53.7 Å². The second-order valence-electron chi connectivity index (χ2n) is 4.99. The zero-order valence-corrected chi connectivity index (χ0v) is 10.4. The van der Waals surface area contributed by atoms with Gasteiger partial charge in [-0.1, -0.05) is 35.9 Å². The normalized spacial score (nSPS) is 16.0. The summed E-state index contributed by atoms with van der Waals surface area (Å²) in [6.07, 6.45) is 3.79. The molecule has 1 saturated carbocycles. The van der Waals surface area contributed by atoms with E-state index in [1.807, 2.05) is 18.3 Å². The lowest BCUT2D eigenvalue weighted by atomic mass is 9.99. The van der Waals surface area contributed by atoms with E-state index in [2.05, 4.69) is 42.2 Å². The lowest BCUT2D eigenvalue weighted by molar-refractivity contribution is 0.898. The molecule has 0 saturated heterocycles. The third-order valence-corrected chi connectivity index (χ3v) is 3.63. The molecule has 1 aliphatic carbocycles. The quantitative estimate of drug-likeness (QED) is 0.795. The predicted octanol–water partition coefficient (Wildman–Crippen LogP) is 3.61. The molecule has 1 aromatic heterocycles. The summed E-state index contributed by atoms with van der Waals surface area (Å²) >= 11 is 0. The Kier molecular flexibility index (Phi) is 2.41. The topological polar surface area (TPSA) is 36.7 Å². The maximum Gasteiger partial charge on any atom is 0.0838 e. The highest BCUT2D eigenvalue weighted by Gasteiger charge is 2.45. The lowest BCUT2D eigenvalue weighted by Gasteiger charge is -2.07. The Morgan fingerprint density at radius 3 is 2.33 bits per heavy atom. The van der Waals surface area contributed by atoms with Crippen molar-refractivity contribution in [1.82, 2.24) is 4.98 Å². The van der Waals surface area contributed by atoms with Gasteiger partial charge in [0.25, 0.3) is 0 Å². The van der Waals surface area contributed by atoms with Gasteiger partial charge in [-0.15, -0.1) is 0 Å². The highest BCUT2D eigenvalue weighted by molar-refractivity contribution is 5.60. The highest BCUT2D eigenvalue weighted by Crippen LogP contribution is 2.47. The number of nitrogens with zero attached hydrogens (tertiary/aromatic N) is 2. The molecule has 2 heteroatoms. The first-order chi connectivity index (χ1) is 8.73. The summed E-state index contributed by atoms with van der Waals surface area (Å²) in [6.45, 7) is 2.07. The van der Waals surface area contributed by atoms with Crippen LogP contribution in [0, 0.1) is 18.3 Å². The Morgan fingerprint density at radius 1 is 1.11 bits per heavy atom. The lowest BCUT2D eigenvalue weighted by Crippen LogP contribution is -2.02. The van der Waals surface area contributed by atoms with E-state index in [1.165, 1.54) is 5.56 Å². The van der Waals surface area contributed by atoms with E-state index >= 15 is 0 Å². The van der Waals surface area contributed by atoms with Crippen molar-refractivity contribution in [3.63, 3.8) is 0 Å². The zero-order chi connectivity index (χ0) is 12.6. The van der Waals surface area contributed by atoms with E-state index in [0.29, 0.717) is 0 Å². The summed E-state index contributed by atoms with van der Waals surface area (Å²) in [5.41, 5.74) is 4.15. The summed E-state index contributed by atoms with van der Waals surface area (Å²) < 4.78 is 0. The van der Waals surface area contributed by atoms with Gasteiger partial charge in [-0.05, 0) is 31.4 Å². The van der Waals surface area contributed by atoms with Crippen LogP contribution in [0.2, 0.25) is 0 Å². The maximum atomic E-state index is 9.15. The number of nitriles is 1. The summed E-state index contributed by atoms with van der Waals surface area (Å²) in [5, 5.41) is 9.15. The fourth-order valence-electron chi connectivity index (χ4n) is 2.16. The van der Waals surface area contributed by atoms with Crippen molar-refractivity contribution in [2.75, 3.05) is 0 Å². The minimum absolute atomic E-state index is 0.237. The van der Waals surface area contributed by atoms with Crippen molar-refractivity contribution in [1.29, 1.82) is 5.26 Å². The number of aromatic nitrogens is 1. The first-order valence-corrected chi connectivity index (χ1v) is 6.18. The molecule has 0 aliphatic heterocycles. The molecule has 1 aromatic carbocycles. The van der Waals surface area contributed by atoms with Gasteiger partial charge in [-0.3, -0.25) is 4.98 Å². The van der Waals surface area contributed by atoms with Gasteiger partial charge >= 0.3 is 0 Å². The van der Waals surface area contributed by atoms with Crippen LogP contribution in [0.15, 0.2) is 42.6 Å². The largest absolute Gasteiger partial charge is 0.256 e. The van der Waals surface area contributed by atoms with Crippen LogP contribution in [-0.2, 0) is 5.41 Å². The molecule has 88 valence electrons. The van der Waals surface area contributed by atoms with Gasteiger partial charge in [0.2, 0.25) is 0 Å². The monoisotopic (exact) mass is 234 g/mol. The van der Waals surface area contributed by atoms with Crippen molar-refractivity contribution in [2.45, 2.75) is 25.2 Å². The molecule has 1 heterocycles. The smallest absolute Gasteiger partial charge is 0.0838 e. The van der Waals surface area contributed by atoms with Crippen molar-refractivity contribution < 1.29 is 0 Å². The minimum atomic E-state index is -0.237. The Hall–Kier alpha value is -2.14. The van der Waals surface area contributed by atoms with Crippen LogP contribution in [0.25, 0.3) is 11.3 Å². The van der Waals surface area contributed by atoms with Crippen molar-refractivity contribution in [2.24, 2.45) is 0 Å². The molecular formula is C16H14N2. The highest BCUT2D eigenvalue weighted by atomic mass is 14.7. The van der Waals surface area contributed by atoms with Gasteiger partial charge < -0.3 is 0 Å². The van der Waals surface area contributed by atoms with E-state index in [9.17, 15) is 0 Å². The summed E-state index contributed by atoms with van der Waals surface area (Å²) in [6, 6.07) is 14.8. The number of pyridine rings is 1. The maximum absolute atomic E-state index is 9.15. The zero-order valence-electron chi connectivity index (χ0n) is 10.4. The number of hydrogen-bond donors (Lipinski definition) is 0. The van der Waals surface area contributed by atoms with Gasteiger partial charge in [0, 0.05) is 11.8 Å². The standard InChI is InChI=1S/C16H14N2/c1-12-2-4-13(5-3-12)15-7-6-14(10-18-15)16(11-17)8-9-16/h2-7,10H,8-9H2,1H3. The van der Waals surface area contributed by atoms with E-state index in [-0.39, 0.29) is 5.41 Å². The second kappa shape index (κ2) is 3.96. The van der Waals surface area contributed by atoms with Gasteiger partial charge in [0.15, 0.2) is 0 Å². The molecule has 2 nitrogen and oxygen atoms in total. The molecule has 1 aliphatic rings. The van der Waals surface area contributed by atoms with Gasteiger partial charge in [-0.2, -0.15) is 5.26 Å². The SMILES string of the molecule is Cc1ccc(-c2ccc(C3(C#N)CC3)cn2)cc1. The van der Waals surface area contributed by atoms with Crippen LogP contribution in [0.4, 0.5) is 0 Å². The van der Waals surface area contributed by atoms with E-state index in [0.717, 1.165) is 29.7 Å². The van der Waals surface area contributed by atoms with Crippen molar-refractivity contribution in [3.8, 4) is 17.3 Å². The molecule has 0 bridgehead atoms. The average Bonchev–Trinajstić information content (AvgIpc) is 3.21. The van der Waals surface area contributed by atoms with Crippen LogP contribution in [-0.4, -0.2) is 4.98 Å². The Balaban J connectivity index is 1.92. The summed E-state index contributed by atoms with van der Waals surface area (Å²) in [5.74, 6) is 0. The van der Waals surface area contributed by atoms with Crippen LogP contribution in [0.3, 0.4) is 0 Å². The minimum Gasteiger partial charge on any atom is -0.256 e. The third-order valence-electron chi connectivity index (χ3n) is 3.63. The van der Waals surface area contributed by atoms with Gasteiger partial charge in [0.05, 0.1) is 17.2 Å². The van der Waals surface area contributed by atoms with E-state index in [4.69, 9.17) is 5.26 Å². The van der Waals surface area contributed by atoms with Crippen LogP contribution < -0.4 is 0 Å². The molecule has 0 unspecified atom stereocenters. The van der Waals surface area contributed by atoms with Crippen LogP contribution in [0.1, 0.15) is 24.0 Å². The molecule has 0 N–H and O–H groups in total. The molecule has 3 rings (SSSR count).